The third-order valence-corrected chi connectivity index (χ3v) is 4.48. The highest BCUT2D eigenvalue weighted by Gasteiger charge is 2.41. The minimum absolute atomic E-state index is 0.231. The summed E-state index contributed by atoms with van der Waals surface area (Å²) >= 11 is 0. The van der Waals surface area contributed by atoms with E-state index in [4.69, 9.17) is 20.4 Å². The van der Waals surface area contributed by atoms with Crippen LogP contribution in [0.3, 0.4) is 0 Å². The summed E-state index contributed by atoms with van der Waals surface area (Å²) in [6.07, 6.45) is 7.72. The average Bonchev–Trinajstić information content (AvgIpc) is 2.70. The Morgan fingerprint density at radius 2 is 1.73 bits per heavy atom. The first-order valence-corrected chi connectivity index (χ1v) is 9.30. The molecule has 4 unspecified atom stereocenters. The first kappa shape index (κ1) is 24.9. The van der Waals surface area contributed by atoms with Crippen LogP contribution in [0, 0.1) is 11.8 Å². The number of carbonyl (C=O) groups is 3. The molecule has 9 heteroatoms. The van der Waals surface area contributed by atoms with E-state index in [1.54, 1.807) is 12.2 Å². The maximum absolute atomic E-state index is 11.6. The highest BCUT2D eigenvalue weighted by molar-refractivity contribution is 5.97. The molecule has 2 rings (SSSR count). The van der Waals surface area contributed by atoms with Crippen molar-refractivity contribution >= 4 is 18.0 Å². The second-order valence-electron chi connectivity index (χ2n) is 6.75. The molecule has 4 atom stereocenters. The maximum atomic E-state index is 11.6. The first-order valence-electron chi connectivity index (χ1n) is 9.30. The normalized spacial score (nSPS) is 23.9. The second-order valence-corrected chi connectivity index (χ2v) is 6.75. The monoisotopic (exact) mass is 422 g/mol. The summed E-state index contributed by atoms with van der Waals surface area (Å²) in [6.45, 7) is 2.08. The molecule has 0 amide bonds. The standard InChI is InChI=1S/C14H20O4.C7H6O5/c1-2-3-4-5-6-7-10-8-12(16)14(18)13(17)11(10)9-15;8-4-1-3(7(11)12)2-5(9)6(4)10/h4-7,9-12,14,16,18H,2-3,8H2,1H3;1-2,8-10H,(H,11,12). The molecule has 0 heterocycles. The van der Waals surface area contributed by atoms with Gasteiger partial charge in [-0.1, -0.05) is 37.6 Å². The number of aromatic carboxylic acids is 1. The van der Waals surface area contributed by atoms with Crippen LogP contribution in [0.5, 0.6) is 17.2 Å². The minimum Gasteiger partial charge on any atom is -0.504 e. The van der Waals surface area contributed by atoms with E-state index in [2.05, 4.69) is 6.92 Å². The molecular weight excluding hydrogens is 396 g/mol. The van der Waals surface area contributed by atoms with Gasteiger partial charge in [0.2, 0.25) is 0 Å². The molecule has 30 heavy (non-hydrogen) atoms. The molecule has 9 nitrogen and oxygen atoms in total. The van der Waals surface area contributed by atoms with E-state index in [1.807, 2.05) is 12.2 Å². The lowest BCUT2D eigenvalue weighted by atomic mass is 9.76. The Labute approximate surface area is 173 Å². The fourth-order valence-electron chi connectivity index (χ4n) is 2.79. The molecule has 0 bridgehead atoms. The SMILES string of the molecule is CCCC=CC=CC1CC(O)C(O)C(=O)C1C=O.O=C(O)c1cc(O)c(O)c(O)c1. The molecule has 1 aliphatic rings. The Bertz CT molecular complexity index is 790. The van der Waals surface area contributed by atoms with Crippen LogP contribution in [-0.2, 0) is 9.59 Å². The summed E-state index contributed by atoms with van der Waals surface area (Å²) in [5.74, 6) is -5.10. The van der Waals surface area contributed by atoms with Gasteiger partial charge in [-0.25, -0.2) is 4.79 Å². The summed E-state index contributed by atoms with van der Waals surface area (Å²) < 4.78 is 0. The second kappa shape index (κ2) is 11.7. The zero-order valence-electron chi connectivity index (χ0n) is 16.4. The number of Topliss-reactive ketones (excluding diaryl/α,β-unsaturated/α-hetero) is 1. The summed E-state index contributed by atoms with van der Waals surface area (Å²) in [6, 6.07) is 1.69. The van der Waals surface area contributed by atoms with Crippen LogP contribution in [0.1, 0.15) is 36.5 Å². The number of carboxylic acids is 1. The molecule has 1 aromatic rings. The minimum atomic E-state index is -1.43. The van der Waals surface area contributed by atoms with Gasteiger partial charge in [-0.15, -0.1) is 0 Å². The summed E-state index contributed by atoms with van der Waals surface area (Å²) in [7, 11) is 0. The summed E-state index contributed by atoms with van der Waals surface area (Å²) in [5, 5.41) is 53.9. The third kappa shape index (κ3) is 6.71. The number of hydrogen-bond donors (Lipinski definition) is 6. The van der Waals surface area contributed by atoms with Crippen LogP contribution >= 0.6 is 0 Å². The lowest BCUT2D eigenvalue weighted by Gasteiger charge is -2.31. The van der Waals surface area contributed by atoms with E-state index in [0.717, 1.165) is 25.0 Å². The molecule has 0 aromatic heterocycles. The van der Waals surface area contributed by atoms with E-state index < -0.39 is 47.1 Å². The van der Waals surface area contributed by atoms with Gasteiger partial charge in [0.1, 0.15) is 12.4 Å². The molecule has 1 fully saturated rings. The number of unbranched alkanes of at least 4 members (excludes halogenated alkanes) is 1. The Kier molecular flexibility index (Phi) is 9.73. The van der Waals surface area contributed by atoms with Gasteiger partial charge in [-0.2, -0.15) is 0 Å². The first-order chi connectivity index (χ1) is 14.1. The number of aromatic hydroxyl groups is 3. The molecule has 6 N–H and O–H groups in total. The van der Waals surface area contributed by atoms with Crippen LogP contribution < -0.4 is 0 Å². The molecule has 0 saturated heterocycles. The van der Waals surface area contributed by atoms with Crippen molar-refractivity contribution in [2.45, 2.75) is 38.4 Å². The number of ketones is 1. The Morgan fingerprint density at radius 3 is 2.23 bits per heavy atom. The fourth-order valence-corrected chi connectivity index (χ4v) is 2.79. The van der Waals surface area contributed by atoms with Crippen molar-refractivity contribution in [1.82, 2.24) is 0 Å². The predicted molar refractivity (Wildman–Crippen MR) is 106 cm³/mol. The highest BCUT2D eigenvalue weighted by atomic mass is 16.4. The smallest absolute Gasteiger partial charge is 0.335 e. The Hall–Kier alpha value is -3.17. The van der Waals surface area contributed by atoms with Gasteiger partial charge in [0, 0.05) is 0 Å². The topological polar surface area (TPSA) is 173 Å². The lowest BCUT2D eigenvalue weighted by Crippen LogP contribution is -2.47. The van der Waals surface area contributed by atoms with E-state index in [9.17, 15) is 24.6 Å². The largest absolute Gasteiger partial charge is 0.504 e. The highest BCUT2D eigenvalue weighted by Crippen LogP contribution is 2.35. The molecule has 0 radical (unpaired) electrons. The number of carbonyl (C=O) groups excluding carboxylic acids is 2. The van der Waals surface area contributed by atoms with Gasteiger partial charge >= 0.3 is 5.97 Å². The van der Waals surface area contributed by atoms with Crippen molar-refractivity contribution in [3.8, 4) is 17.2 Å². The van der Waals surface area contributed by atoms with E-state index in [-0.39, 0.29) is 17.9 Å². The van der Waals surface area contributed by atoms with Gasteiger partial charge in [0.25, 0.3) is 0 Å². The average molecular weight is 422 g/mol. The van der Waals surface area contributed by atoms with Gasteiger partial charge in [0.15, 0.2) is 23.0 Å². The summed E-state index contributed by atoms with van der Waals surface area (Å²) in [4.78, 5) is 32.8. The number of benzene rings is 1. The number of phenols is 3. The number of aliphatic hydroxyl groups is 2. The molecule has 0 aliphatic heterocycles. The number of hydrogen-bond acceptors (Lipinski definition) is 8. The number of aliphatic hydroxyl groups excluding tert-OH is 2. The van der Waals surface area contributed by atoms with Crippen molar-refractivity contribution in [3.63, 3.8) is 0 Å². The number of carboxylic acid groups (broad SMARTS) is 1. The van der Waals surface area contributed by atoms with Gasteiger partial charge in [-0.05, 0) is 30.9 Å². The molecule has 1 saturated carbocycles. The van der Waals surface area contributed by atoms with Crippen molar-refractivity contribution in [2.24, 2.45) is 11.8 Å². The van der Waals surface area contributed by atoms with Crippen LogP contribution in [0.15, 0.2) is 36.4 Å². The number of allylic oxidation sites excluding steroid dienone is 4. The zero-order chi connectivity index (χ0) is 22.8. The van der Waals surface area contributed by atoms with E-state index >= 15 is 0 Å². The van der Waals surface area contributed by atoms with Crippen LogP contribution in [0.25, 0.3) is 0 Å². The Morgan fingerprint density at radius 1 is 1.13 bits per heavy atom. The van der Waals surface area contributed by atoms with Crippen molar-refractivity contribution < 1.29 is 45.0 Å². The van der Waals surface area contributed by atoms with Crippen LogP contribution in [0.2, 0.25) is 0 Å². The molecule has 1 aliphatic carbocycles. The van der Waals surface area contributed by atoms with Gasteiger partial charge in [-0.3, -0.25) is 4.79 Å². The molecule has 164 valence electrons. The molecular formula is C21H26O9. The van der Waals surface area contributed by atoms with Gasteiger partial charge < -0.3 is 35.4 Å². The third-order valence-electron chi connectivity index (χ3n) is 4.48. The zero-order valence-corrected chi connectivity index (χ0v) is 16.4. The maximum Gasteiger partial charge on any atom is 0.335 e. The van der Waals surface area contributed by atoms with Crippen molar-refractivity contribution in [1.29, 1.82) is 0 Å². The molecule has 1 aromatic carbocycles. The lowest BCUT2D eigenvalue weighted by molar-refractivity contribution is -0.146. The number of phenolic OH excluding ortho intramolecular Hbond substituents is 3. The number of rotatable bonds is 6. The fraction of sp³-hybridized carbons (Fsp3) is 0.381. The van der Waals surface area contributed by atoms with Gasteiger partial charge in [0.05, 0.1) is 17.6 Å². The van der Waals surface area contributed by atoms with Crippen molar-refractivity contribution in [2.75, 3.05) is 0 Å². The van der Waals surface area contributed by atoms with E-state index in [0.29, 0.717) is 6.29 Å². The van der Waals surface area contributed by atoms with Crippen LogP contribution in [0.4, 0.5) is 0 Å². The Balaban J connectivity index is 0.000000325. The van der Waals surface area contributed by atoms with E-state index in [1.165, 1.54) is 0 Å². The quantitative estimate of drug-likeness (QED) is 0.172. The van der Waals surface area contributed by atoms with Crippen molar-refractivity contribution in [3.05, 3.63) is 42.0 Å². The predicted octanol–water partition coefficient (Wildman–Crippen LogP) is 1.53. The van der Waals surface area contributed by atoms with Crippen LogP contribution in [-0.4, -0.2) is 60.9 Å². The number of aldehydes is 1. The summed E-state index contributed by atoms with van der Waals surface area (Å²) in [5.41, 5.74) is -0.289. The molecule has 0 spiro atoms.